The first kappa shape index (κ1) is 10.3. The molecule has 0 aliphatic heterocycles. The van der Waals surface area contributed by atoms with Crippen LogP contribution in [0.15, 0.2) is 12.3 Å². The van der Waals surface area contributed by atoms with E-state index in [4.69, 9.17) is 17.3 Å². The van der Waals surface area contributed by atoms with E-state index in [0.717, 1.165) is 24.2 Å². The second-order valence-corrected chi connectivity index (χ2v) is 3.22. The summed E-state index contributed by atoms with van der Waals surface area (Å²) >= 11 is 5.90. The van der Waals surface area contributed by atoms with E-state index in [2.05, 4.69) is 10.3 Å². The van der Waals surface area contributed by atoms with Crippen LogP contribution in [0.25, 0.3) is 0 Å². The molecule has 0 atom stereocenters. The quantitative estimate of drug-likeness (QED) is 0.575. The van der Waals surface area contributed by atoms with Crippen LogP contribution in [-0.2, 0) is 0 Å². The lowest BCUT2D eigenvalue weighted by Gasteiger charge is -2.09. The average molecular weight is 200 g/mol. The maximum absolute atomic E-state index is 5.90. The van der Waals surface area contributed by atoms with Crippen molar-refractivity contribution in [2.45, 2.75) is 13.3 Å². The molecule has 1 heterocycles. The van der Waals surface area contributed by atoms with Crippen LogP contribution >= 0.6 is 11.6 Å². The van der Waals surface area contributed by atoms with Crippen molar-refractivity contribution < 1.29 is 0 Å². The van der Waals surface area contributed by atoms with Crippen LogP contribution in [0, 0.1) is 6.92 Å². The average Bonchev–Trinajstić information content (AvgIpc) is 2.10. The fourth-order valence-corrected chi connectivity index (χ4v) is 1.33. The largest absolute Gasteiger partial charge is 0.382 e. The fourth-order valence-electron chi connectivity index (χ4n) is 1.05. The molecule has 0 bridgehead atoms. The van der Waals surface area contributed by atoms with Crippen LogP contribution < -0.4 is 11.1 Å². The van der Waals surface area contributed by atoms with Crippen LogP contribution in [0.4, 0.5) is 5.69 Å². The Bertz CT molecular complexity index is 255. The van der Waals surface area contributed by atoms with Crippen molar-refractivity contribution in [2.75, 3.05) is 18.4 Å². The summed E-state index contributed by atoms with van der Waals surface area (Å²) in [7, 11) is 0. The zero-order chi connectivity index (χ0) is 9.68. The molecule has 0 saturated heterocycles. The highest BCUT2D eigenvalue weighted by Crippen LogP contribution is 2.22. The van der Waals surface area contributed by atoms with Crippen molar-refractivity contribution in [3.63, 3.8) is 0 Å². The minimum Gasteiger partial charge on any atom is -0.382 e. The molecule has 0 fully saturated rings. The van der Waals surface area contributed by atoms with Crippen molar-refractivity contribution in [3.8, 4) is 0 Å². The molecule has 0 aliphatic rings. The van der Waals surface area contributed by atoms with Gasteiger partial charge >= 0.3 is 0 Å². The number of aromatic nitrogens is 1. The van der Waals surface area contributed by atoms with Gasteiger partial charge in [0.25, 0.3) is 0 Å². The number of aryl methyl sites for hydroxylation is 1. The third kappa shape index (κ3) is 2.86. The number of pyridine rings is 1. The van der Waals surface area contributed by atoms with Gasteiger partial charge in [-0.1, -0.05) is 11.6 Å². The van der Waals surface area contributed by atoms with Gasteiger partial charge in [0.2, 0.25) is 0 Å². The highest BCUT2D eigenvalue weighted by atomic mass is 35.5. The molecule has 0 aromatic carbocycles. The number of hydrogen-bond donors (Lipinski definition) is 2. The highest BCUT2D eigenvalue weighted by Gasteiger charge is 2.02. The van der Waals surface area contributed by atoms with E-state index in [9.17, 15) is 0 Å². The molecule has 0 aliphatic carbocycles. The Labute approximate surface area is 83.3 Å². The summed E-state index contributed by atoms with van der Waals surface area (Å²) in [5.41, 5.74) is 7.40. The summed E-state index contributed by atoms with van der Waals surface area (Å²) in [6.07, 6.45) is 2.64. The predicted octanol–water partition coefficient (Wildman–Crippen LogP) is 1.80. The number of anilines is 1. The second-order valence-electron chi connectivity index (χ2n) is 2.86. The minimum absolute atomic E-state index is 0.525. The van der Waals surface area contributed by atoms with Crippen molar-refractivity contribution in [2.24, 2.45) is 5.73 Å². The van der Waals surface area contributed by atoms with Crippen LogP contribution in [0.1, 0.15) is 12.0 Å². The van der Waals surface area contributed by atoms with Crippen LogP contribution in [-0.4, -0.2) is 18.1 Å². The lowest BCUT2D eigenvalue weighted by molar-refractivity contribution is 0.872. The van der Waals surface area contributed by atoms with Gasteiger partial charge in [0.15, 0.2) is 5.15 Å². The SMILES string of the molecule is Cc1ccnc(Cl)c1NCCCN. The summed E-state index contributed by atoms with van der Waals surface area (Å²) in [4.78, 5) is 3.99. The molecule has 1 rings (SSSR count). The summed E-state index contributed by atoms with van der Waals surface area (Å²) in [6, 6.07) is 1.93. The molecule has 72 valence electrons. The summed E-state index contributed by atoms with van der Waals surface area (Å²) < 4.78 is 0. The third-order valence-electron chi connectivity index (χ3n) is 1.80. The zero-order valence-electron chi connectivity index (χ0n) is 7.68. The van der Waals surface area contributed by atoms with E-state index in [1.807, 2.05) is 13.0 Å². The molecular weight excluding hydrogens is 186 g/mol. The molecule has 3 N–H and O–H groups in total. The van der Waals surface area contributed by atoms with Gasteiger partial charge in [-0.25, -0.2) is 4.98 Å². The van der Waals surface area contributed by atoms with Gasteiger partial charge < -0.3 is 11.1 Å². The molecule has 1 aromatic rings. The standard InChI is InChI=1S/C9H14ClN3/c1-7-3-6-13-9(10)8(7)12-5-2-4-11/h3,6,12H,2,4-5,11H2,1H3. The first-order valence-corrected chi connectivity index (χ1v) is 4.68. The Balaban J connectivity index is 2.64. The van der Waals surface area contributed by atoms with E-state index in [1.165, 1.54) is 0 Å². The first-order chi connectivity index (χ1) is 6.25. The van der Waals surface area contributed by atoms with Gasteiger partial charge in [0.1, 0.15) is 0 Å². The van der Waals surface area contributed by atoms with E-state index < -0.39 is 0 Å². The lowest BCUT2D eigenvalue weighted by atomic mass is 10.2. The molecule has 0 saturated carbocycles. The number of nitrogens with zero attached hydrogens (tertiary/aromatic N) is 1. The molecule has 0 radical (unpaired) electrons. The van der Waals surface area contributed by atoms with Crippen LogP contribution in [0.2, 0.25) is 5.15 Å². The van der Waals surface area contributed by atoms with Crippen molar-refractivity contribution in [1.29, 1.82) is 0 Å². The van der Waals surface area contributed by atoms with Gasteiger partial charge in [0.05, 0.1) is 5.69 Å². The molecule has 0 spiro atoms. The molecule has 1 aromatic heterocycles. The number of nitrogens with two attached hydrogens (primary N) is 1. The first-order valence-electron chi connectivity index (χ1n) is 4.30. The molecule has 4 heteroatoms. The van der Waals surface area contributed by atoms with Gasteiger partial charge in [-0.3, -0.25) is 0 Å². The molecule has 0 amide bonds. The normalized spacial score (nSPS) is 10.1. The maximum atomic E-state index is 5.90. The Morgan fingerprint density at radius 2 is 2.38 bits per heavy atom. The van der Waals surface area contributed by atoms with Crippen LogP contribution in [0.3, 0.4) is 0 Å². The Hall–Kier alpha value is -0.800. The topological polar surface area (TPSA) is 50.9 Å². The summed E-state index contributed by atoms with van der Waals surface area (Å²) in [5, 5.41) is 3.73. The predicted molar refractivity (Wildman–Crippen MR) is 56.1 cm³/mol. The molecular formula is C9H14ClN3. The van der Waals surface area contributed by atoms with E-state index >= 15 is 0 Å². The van der Waals surface area contributed by atoms with Crippen molar-refractivity contribution >= 4 is 17.3 Å². The van der Waals surface area contributed by atoms with E-state index in [1.54, 1.807) is 6.20 Å². The Morgan fingerprint density at radius 1 is 1.62 bits per heavy atom. The van der Waals surface area contributed by atoms with Crippen molar-refractivity contribution in [1.82, 2.24) is 4.98 Å². The van der Waals surface area contributed by atoms with Gasteiger partial charge in [-0.15, -0.1) is 0 Å². The van der Waals surface area contributed by atoms with Crippen molar-refractivity contribution in [3.05, 3.63) is 23.0 Å². The monoisotopic (exact) mass is 199 g/mol. The number of nitrogens with one attached hydrogen (secondary N) is 1. The minimum atomic E-state index is 0.525. The van der Waals surface area contributed by atoms with E-state index in [0.29, 0.717) is 11.7 Å². The Morgan fingerprint density at radius 3 is 3.00 bits per heavy atom. The summed E-state index contributed by atoms with van der Waals surface area (Å²) in [6.45, 7) is 3.52. The van der Waals surface area contributed by atoms with Gasteiger partial charge in [-0.05, 0) is 31.5 Å². The third-order valence-corrected chi connectivity index (χ3v) is 2.08. The molecule has 13 heavy (non-hydrogen) atoms. The molecule has 0 unspecified atom stereocenters. The maximum Gasteiger partial charge on any atom is 0.152 e. The second kappa shape index (κ2) is 5.04. The zero-order valence-corrected chi connectivity index (χ0v) is 8.43. The number of halogens is 1. The van der Waals surface area contributed by atoms with Crippen LogP contribution in [0.5, 0.6) is 0 Å². The lowest BCUT2D eigenvalue weighted by Crippen LogP contribution is -2.09. The number of hydrogen-bond acceptors (Lipinski definition) is 3. The Kier molecular flexibility index (Phi) is 3.99. The van der Waals surface area contributed by atoms with Gasteiger partial charge in [-0.2, -0.15) is 0 Å². The fraction of sp³-hybridized carbons (Fsp3) is 0.444. The number of rotatable bonds is 4. The molecule has 3 nitrogen and oxygen atoms in total. The smallest absolute Gasteiger partial charge is 0.152 e. The summed E-state index contributed by atoms with van der Waals surface area (Å²) in [5.74, 6) is 0. The van der Waals surface area contributed by atoms with Gasteiger partial charge in [0, 0.05) is 12.7 Å². The van der Waals surface area contributed by atoms with E-state index in [-0.39, 0.29) is 0 Å². The highest BCUT2D eigenvalue weighted by molar-refractivity contribution is 6.32.